The van der Waals surface area contributed by atoms with Gasteiger partial charge in [0.15, 0.2) is 0 Å². The smallest absolute Gasteiger partial charge is 0.411 e. The Balaban J connectivity index is 2.17. The van der Waals surface area contributed by atoms with Crippen molar-refractivity contribution in [2.75, 3.05) is 0 Å². The number of nitrogens with two attached hydrogens (primary N) is 1. The molecule has 2 fully saturated rings. The highest BCUT2D eigenvalue weighted by molar-refractivity contribution is 5.70. The molecule has 0 aliphatic carbocycles. The van der Waals surface area contributed by atoms with Gasteiger partial charge in [-0.25, -0.2) is 13.6 Å². The van der Waals surface area contributed by atoms with Crippen molar-refractivity contribution in [1.82, 2.24) is 4.90 Å². The Morgan fingerprint density at radius 1 is 1.39 bits per heavy atom. The quantitative estimate of drug-likeness (QED) is 0.727. The summed E-state index contributed by atoms with van der Waals surface area (Å²) in [5.41, 5.74) is 5.08. The van der Waals surface area contributed by atoms with Gasteiger partial charge in [0.25, 0.3) is 5.92 Å². The van der Waals surface area contributed by atoms with Crippen LogP contribution in [0.4, 0.5) is 13.6 Å². The molecule has 2 aliphatic rings. The first-order chi connectivity index (χ1) is 8.10. The zero-order valence-electron chi connectivity index (χ0n) is 11.0. The average molecular weight is 262 g/mol. The molecule has 0 saturated carbocycles. The molecule has 0 aromatic heterocycles. The van der Waals surface area contributed by atoms with Crippen molar-refractivity contribution in [2.24, 2.45) is 5.73 Å². The Labute approximate surface area is 105 Å². The van der Waals surface area contributed by atoms with E-state index in [1.165, 1.54) is 4.90 Å². The predicted molar refractivity (Wildman–Crippen MR) is 62.4 cm³/mol. The summed E-state index contributed by atoms with van der Waals surface area (Å²) in [5.74, 6) is -2.85. The van der Waals surface area contributed by atoms with Crippen LogP contribution < -0.4 is 5.73 Å². The molecule has 4 nitrogen and oxygen atoms in total. The van der Waals surface area contributed by atoms with Crippen LogP contribution in [0.3, 0.4) is 0 Å². The summed E-state index contributed by atoms with van der Waals surface area (Å²) >= 11 is 0. The van der Waals surface area contributed by atoms with Crippen molar-refractivity contribution in [3.63, 3.8) is 0 Å². The van der Waals surface area contributed by atoms with Crippen molar-refractivity contribution < 1.29 is 18.3 Å². The molecular weight excluding hydrogens is 242 g/mol. The Morgan fingerprint density at radius 2 is 2.00 bits per heavy atom. The number of piperidine rings is 1. The molecule has 1 amide bonds. The van der Waals surface area contributed by atoms with Gasteiger partial charge in [0.1, 0.15) is 11.6 Å². The first kappa shape index (κ1) is 13.5. The van der Waals surface area contributed by atoms with Crippen LogP contribution in [0.25, 0.3) is 0 Å². The predicted octanol–water partition coefficient (Wildman–Crippen LogP) is 2.12. The third-order valence-corrected chi connectivity index (χ3v) is 3.43. The number of nitrogens with zero attached hydrogens (tertiary/aromatic N) is 1. The summed E-state index contributed by atoms with van der Waals surface area (Å²) < 4.78 is 32.8. The fraction of sp³-hybridized carbons (Fsp3) is 0.917. The number of ether oxygens (including phenoxy) is 1. The average Bonchev–Trinajstić information content (AvgIpc) is 2.28. The lowest BCUT2D eigenvalue weighted by Crippen LogP contribution is -2.53. The third kappa shape index (κ3) is 2.43. The van der Waals surface area contributed by atoms with Crippen molar-refractivity contribution in [3.05, 3.63) is 0 Å². The van der Waals surface area contributed by atoms with Crippen LogP contribution in [0, 0.1) is 0 Å². The molecule has 0 spiro atoms. The number of alkyl halides is 2. The van der Waals surface area contributed by atoms with E-state index in [0.717, 1.165) is 0 Å². The minimum Gasteiger partial charge on any atom is -0.444 e. The fourth-order valence-corrected chi connectivity index (χ4v) is 2.81. The van der Waals surface area contributed by atoms with Gasteiger partial charge in [-0.05, 0) is 33.6 Å². The van der Waals surface area contributed by atoms with E-state index in [2.05, 4.69) is 0 Å². The van der Waals surface area contributed by atoms with Gasteiger partial charge in [-0.3, -0.25) is 4.90 Å². The van der Waals surface area contributed by atoms with E-state index < -0.39 is 29.7 Å². The SMILES string of the molecule is CC(C)(C)OC(=O)N1[C@H]2C[C@@H](N)C[C@@H]1C(F)(F)C2. The molecular formula is C12H20F2N2O2. The van der Waals surface area contributed by atoms with Gasteiger partial charge in [-0.2, -0.15) is 0 Å². The lowest BCUT2D eigenvalue weighted by atomic mass is 9.98. The monoisotopic (exact) mass is 262 g/mol. The van der Waals surface area contributed by atoms with Crippen molar-refractivity contribution >= 4 is 6.09 Å². The molecule has 104 valence electrons. The van der Waals surface area contributed by atoms with E-state index in [1.807, 2.05) is 0 Å². The third-order valence-electron chi connectivity index (χ3n) is 3.43. The van der Waals surface area contributed by atoms with Crippen LogP contribution in [0.5, 0.6) is 0 Å². The molecule has 0 aromatic carbocycles. The molecule has 2 rings (SSSR count). The van der Waals surface area contributed by atoms with Crippen LogP contribution >= 0.6 is 0 Å². The topological polar surface area (TPSA) is 55.6 Å². The molecule has 2 bridgehead atoms. The lowest BCUT2D eigenvalue weighted by Gasteiger charge is -2.38. The Bertz CT molecular complexity index is 354. The standard InChI is InChI=1S/C12H20F2N2O2/c1-11(2,3)18-10(17)16-8-4-7(15)5-9(16)12(13,14)6-8/h7-9H,4-6,15H2,1-3H3/t7-,8+,9-/m1/s1. The molecule has 0 aromatic rings. The van der Waals surface area contributed by atoms with Gasteiger partial charge in [-0.15, -0.1) is 0 Å². The molecule has 2 aliphatic heterocycles. The van der Waals surface area contributed by atoms with Crippen molar-refractivity contribution in [3.8, 4) is 0 Å². The number of rotatable bonds is 0. The normalized spacial score (nSPS) is 34.6. The first-order valence-corrected chi connectivity index (χ1v) is 6.25. The van der Waals surface area contributed by atoms with E-state index in [0.29, 0.717) is 6.42 Å². The van der Waals surface area contributed by atoms with E-state index in [9.17, 15) is 13.6 Å². The minimum atomic E-state index is -2.85. The van der Waals surface area contributed by atoms with Crippen molar-refractivity contribution in [1.29, 1.82) is 0 Å². The number of carbonyl (C=O) groups excluding carboxylic acids is 1. The number of halogens is 2. The Morgan fingerprint density at radius 3 is 2.50 bits per heavy atom. The van der Waals surface area contributed by atoms with Crippen molar-refractivity contribution in [2.45, 2.75) is 69.7 Å². The second-order valence-corrected chi connectivity index (χ2v) is 6.25. The highest BCUT2D eigenvalue weighted by Crippen LogP contribution is 2.45. The van der Waals surface area contributed by atoms with Gasteiger partial charge in [0.05, 0.1) is 0 Å². The summed E-state index contributed by atoms with van der Waals surface area (Å²) in [6.45, 7) is 5.17. The summed E-state index contributed by atoms with van der Waals surface area (Å²) in [6, 6.07) is -1.86. The summed E-state index contributed by atoms with van der Waals surface area (Å²) in [7, 11) is 0. The van der Waals surface area contributed by atoms with Crippen LogP contribution in [0.1, 0.15) is 40.0 Å². The number of hydrogen-bond donors (Lipinski definition) is 1. The highest BCUT2D eigenvalue weighted by Gasteiger charge is 2.59. The molecule has 6 heteroatoms. The maximum absolute atomic E-state index is 13.8. The van der Waals surface area contributed by atoms with Crippen LogP contribution in [-0.2, 0) is 4.74 Å². The molecule has 0 unspecified atom stereocenters. The van der Waals surface area contributed by atoms with Crippen LogP contribution in [-0.4, -0.2) is 40.6 Å². The second-order valence-electron chi connectivity index (χ2n) is 6.25. The van der Waals surface area contributed by atoms with E-state index in [4.69, 9.17) is 10.5 Å². The first-order valence-electron chi connectivity index (χ1n) is 6.25. The number of carbonyl (C=O) groups is 1. The molecule has 2 heterocycles. The van der Waals surface area contributed by atoms with E-state index in [1.54, 1.807) is 20.8 Å². The van der Waals surface area contributed by atoms with E-state index in [-0.39, 0.29) is 18.9 Å². The van der Waals surface area contributed by atoms with Gasteiger partial charge < -0.3 is 10.5 Å². The summed E-state index contributed by atoms with van der Waals surface area (Å²) in [6.07, 6.45) is -0.389. The second kappa shape index (κ2) is 4.05. The van der Waals surface area contributed by atoms with Gasteiger partial charge in [0.2, 0.25) is 0 Å². The lowest BCUT2D eigenvalue weighted by molar-refractivity contribution is -0.0490. The van der Waals surface area contributed by atoms with Gasteiger partial charge >= 0.3 is 6.09 Å². The van der Waals surface area contributed by atoms with Crippen LogP contribution in [0.15, 0.2) is 0 Å². The zero-order valence-corrected chi connectivity index (χ0v) is 11.0. The van der Waals surface area contributed by atoms with Gasteiger partial charge in [-0.1, -0.05) is 0 Å². The summed E-state index contributed by atoms with van der Waals surface area (Å²) in [5, 5.41) is 0. The Hall–Kier alpha value is -0.910. The molecule has 0 radical (unpaired) electrons. The largest absolute Gasteiger partial charge is 0.444 e. The molecule has 2 saturated heterocycles. The summed E-state index contributed by atoms with van der Waals surface area (Å²) in [4.78, 5) is 13.2. The number of amides is 1. The minimum absolute atomic E-state index is 0.142. The maximum Gasteiger partial charge on any atom is 0.411 e. The molecule has 18 heavy (non-hydrogen) atoms. The number of hydrogen-bond acceptors (Lipinski definition) is 3. The molecule has 3 atom stereocenters. The number of fused-ring (bicyclic) bond motifs is 2. The fourth-order valence-electron chi connectivity index (χ4n) is 2.81. The zero-order chi connectivity index (χ0) is 13.7. The van der Waals surface area contributed by atoms with Gasteiger partial charge in [0, 0.05) is 18.5 Å². The highest BCUT2D eigenvalue weighted by atomic mass is 19.3. The Kier molecular flexibility index (Phi) is 3.04. The molecule has 2 N–H and O–H groups in total. The van der Waals surface area contributed by atoms with Crippen LogP contribution in [0.2, 0.25) is 0 Å². The maximum atomic E-state index is 13.8. The van der Waals surface area contributed by atoms with E-state index >= 15 is 0 Å².